The first-order valence-electron chi connectivity index (χ1n) is 13.8. The summed E-state index contributed by atoms with van der Waals surface area (Å²) in [5.41, 5.74) is -3.81. The highest BCUT2D eigenvalue weighted by Gasteiger charge is 2.41. The zero-order chi connectivity index (χ0) is 30.5. The Balaban J connectivity index is 4.78. The van der Waals surface area contributed by atoms with Gasteiger partial charge in [0.25, 0.3) is 0 Å². The SMILES string of the molecule is CN(C)CCSCCOC(=O)C(C)(COC(=O)OC(C)(C)CCOC(C)(C)CCOC(C)(C)C)CC(C)(C)O. The Hall–Kier alpha value is -1.07. The molecule has 39 heavy (non-hydrogen) atoms. The summed E-state index contributed by atoms with van der Waals surface area (Å²) < 4.78 is 28.2. The molecule has 1 atom stereocenters. The Morgan fingerprint density at radius 3 is 1.87 bits per heavy atom. The van der Waals surface area contributed by atoms with Crippen molar-refractivity contribution in [3.63, 3.8) is 0 Å². The zero-order valence-corrected chi connectivity index (χ0v) is 27.5. The van der Waals surface area contributed by atoms with Crippen molar-refractivity contribution >= 4 is 23.9 Å². The summed E-state index contributed by atoms with van der Waals surface area (Å²) in [6.45, 7) is 20.4. The number of carbonyl (C=O) groups excluding carboxylic acids is 2. The van der Waals surface area contributed by atoms with Gasteiger partial charge in [-0.25, -0.2) is 4.79 Å². The molecule has 0 amide bonds. The molecule has 0 radical (unpaired) electrons. The maximum Gasteiger partial charge on any atom is 0.508 e. The van der Waals surface area contributed by atoms with E-state index in [4.69, 9.17) is 23.7 Å². The van der Waals surface area contributed by atoms with E-state index in [0.717, 1.165) is 18.7 Å². The van der Waals surface area contributed by atoms with Crippen LogP contribution in [0.5, 0.6) is 0 Å². The molecule has 9 nitrogen and oxygen atoms in total. The number of esters is 1. The third kappa shape index (κ3) is 20.5. The summed E-state index contributed by atoms with van der Waals surface area (Å²) in [6, 6.07) is 0. The van der Waals surface area contributed by atoms with Gasteiger partial charge in [0, 0.05) is 31.1 Å². The number of hydrogen-bond acceptors (Lipinski definition) is 10. The average Bonchev–Trinajstić information content (AvgIpc) is 2.71. The lowest BCUT2D eigenvalue weighted by molar-refractivity contribution is -0.161. The predicted molar refractivity (Wildman–Crippen MR) is 157 cm³/mol. The van der Waals surface area contributed by atoms with Crippen LogP contribution in [0.15, 0.2) is 0 Å². The molecule has 0 fully saturated rings. The number of carbonyl (C=O) groups is 2. The molecule has 0 aliphatic heterocycles. The Kier molecular flexibility index (Phi) is 15.9. The molecule has 0 saturated heterocycles. The number of thioether (sulfide) groups is 1. The summed E-state index contributed by atoms with van der Waals surface area (Å²) in [6.07, 6.45) is 0.371. The lowest BCUT2D eigenvalue weighted by atomic mass is 9.80. The van der Waals surface area contributed by atoms with Gasteiger partial charge in [0.15, 0.2) is 0 Å². The van der Waals surface area contributed by atoms with Crippen LogP contribution in [0.2, 0.25) is 0 Å². The fraction of sp³-hybridized carbons (Fsp3) is 0.931. The topological polar surface area (TPSA) is 104 Å². The average molecular weight is 580 g/mol. The van der Waals surface area contributed by atoms with E-state index in [2.05, 4.69) is 4.90 Å². The molecular formula is C29H57NO8S. The van der Waals surface area contributed by atoms with Crippen LogP contribution in [-0.4, -0.2) is 103 Å². The Morgan fingerprint density at radius 2 is 1.33 bits per heavy atom. The van der Waals surface area contributed by atoms with E-state index in [-0.39, 0.29) is 30.8 Å². The van der Waals surface area contributed by atoms with Crippen molar-refractivity contribution in [3.05, 3.63) is 0 Å². The summed E-state index contributed by atoms with van der Waals surface area (Å²) in [5, 5.41) is 10.4. The molecule has 0 aromatic carbocycles. The van der Waals surface area contributed by atoms with Gasteiger partial charge >= 0.3 is 12.1 Å². The number of hydrogen-bond donors (Lipinski definition) is 1. The molecular weight excluding hydrogens is 522 g/mol. The smallest absolute Gasteiger partial charge is 0.464 e. The molecule has 0 aromatic heterocycles. The molecule has 0 aliphatic rings. The Labute approximate surface area is 242 Å². The zero-order valence-electron chi connectivity index (χ0n) is 26.7. The molecule has 10 heteroatoms. The molecule has 0 aliphatic carbocycles. The lowest BCUT2D eigenvalue weighted by Crippen LogP contribution is -2.42. The van der Waals surface area contributed by atoms with Crippen LogP contribution in [0.1, 0.15) is 88.5 Å². The molecule has 0 heterocycles. The highest BCUT2D eigenvalue weighted by atomic mass is 32.2. The number of ether oxygens (including phenoxy) is 5. The van der Waals surface area contributed by atoms with Gasteiger partial charge in [-0.3, -0.25) is 4.79 Å². The van der Waals surface area contributed by atoms with E-state index in [1.165, 1.54) is 0 Å². The third-order valence-corrected chi connectivity index (χ3v) is 6.69. The summed E-state index contributed by atoms with van der Waals surface area (Å²) in [7, 11) is 4.02. The standard InChI is InChI=1S/C29H57NO8S/c1-25(2,3)36-16-13-27(6,7)37-17-14-28(8,9)38-24(32)35-22-29(10,21-26(4,5)33)23(31)34-18-20-39-19-15-30(11)12/h33H,13-22H2,1-12H3. The van der Waals surface area contributed by atoms with Crippen molar-refractivity contribution in [2.24, 2.45) is 5.41 Å². The molecule has 0 rings (SSSR count). The minimum atomic E-state index is -1.22. The molecule has 0 spiro atoms. The Morgan fingerprint density at radius 1 is 0.769 bits per heavy atom. The highest BCUT2D eigenvalue weighted by Crippen LogP contribution is 2.31. The van der Waals surface area contributed by atoms with Crippen LogP contribution in [0.3, 0.4) is 0 Å². The second kappa shape index (κ2) is 16.4. The first-order chi connectivity index (χ1) is 17.6. The minimum Gasteiger partial charge on any atom is -0.464 e. The van der Waals surface area contributed by atoms with E-state index >= 15 is 0 Å². The van der Waals surface area contributed by atoms with Crippen LogP contribution in [0.4, 0.5) is 4.79 Å². The van der Waals surface area contributed by atoms with Gasteiger partial charge in [-0.1, -0.05) is 0 Å². The summed E-state index contributed by atoms with van der Waals surface area (Å²) >= 11 is 1.69. The van der Waals surface area contributed by atoms with Crippen molar-refractivity contribution in [2.75, 3.05) is 58.6 Å². The van der Waals surface area contributed by atoms with Crippen molar-refractivity contribution in [1.29, 1.82) is 0 Å². The van der Waals surface area contributed by atoms with Crippen LogP contribution in [-0.2, 0) is 28.5 Å². The van der Waals surface area contributed by atoms with Crippen LogP contribution in [0, 0.1) is 5.41 Å². The molecule has 0 aromatic rings. The summed E-state index contributed by atoms with van der Waals surface area (Å²) in [4.78, 5) is 27.6. The molecule has 1 N–H and O–H groups in total. The highest BCUT2D eigenvalue weighted by molar-refractivity contribution is 7.99. The quantitative estimate of drug-likeness (QED) is 0.160. The number of aliphatic hydroxyl groups is 1. The van der Waals surface area contributed by atoms with Crippen LogP contribution < -0.4 is 0 Å². The fourth-order valence-electron chi connectivity index (χ4n) is 3.63. The maximum absolute atomic E-state index is 12.9. The van der Waals surface area contributed by atoms with Gasteiger partial charge in [-0.05, 0) is 96.2 Å². The maximum atomic E-state index is 12.9. The third-order valence-electron chi connectivity index (χ3n) is 5.76. The van der Waals surface area contributed by atoms with Crippen LogP contribution >= 0.6 is 11.8 Å². The van der Waals surface area contributed by atoms with Gasteiger partial charge in [0.05, 0.1) is 23.4 Å². The number of rotatable bonds is 19. The monoisotopic (exact) mass is 579 g/mol. The molecule has 232 valence electrons. The van der Waals surface area contributed by atoms with Gasteiger partial charge in [-0.15, -0.1) is 0 Å². The first-order valence-corrected chi connectivity index (χ1v) is 15.0. The normalized spacial score (nSPS) is 14.7. The van der Waals surface area contributed by atoms with Gasteiger partial charge < -0.3 is 33.7 Å². The first kappa shape index (κ1) is 37.9. The second-order valence-corrected chi connectivity index (χ2v) is 14.8. The Bertz CT molecular complexity index is 728. The van der Waals surface area contributed by atoms with Gasteiger partial charge in [0.2, 0.25) is 0 Å². The van der Waals surface area contributed by atoms with Crippen molar-refractivity contribution in [1.82, 2.24) is 4.90 Å². The molecule has 0 bridgehead atoms. The van der Waals surface area contributed by atoms with Crippen molar-refractivity contribution in [3.8, 4) is 0 Å². The van der Waals surface area contributed by atoms with Crippen LogP contribution in [0.25, 0.3) is 0 Å². The van der Waals surface area contributed by atoms with E-state index < -0.39 is 28.7 Å². The van der Waals surface area contributed by atoms with Crippen molar-refractivity contribution in [2.45, 2.75) is 111 Å². The lowest BCUT2D eigenvalue weighted by Gasteiger charge is -2.33. The fourth-order valence-corrected chi connectivity index (χ4v) is 4.53. The van der Waals surface area contributed by atoms with E-state index in [9.17, 15) is 14.7 Å². The van der Waals surface area contributed by atoms with E-state index in [0.29, 0.717) is 25.4 Å². The largest absolute Gasteiger partial charge is 0.508 e. The van der Waals surface area contributed by atoms with E-state index in [1.807, 2.05) is 48.7 Å². The molecule has 0 saturated carbocycles. The minimum absolute atomic E-state index is 0.0606. The van der Waals surface area contributed by atoms with Gasteiger partial charge in [-0.2, -0.15) is 11.8 Å². The van der Waals surface area contributed by atoms with E-state index in [1.54, 1.807) is 46.4 Å². The summed E-state index contributed by atoms with van der Waals surface area (Å²) in [5.74, 6) is 1.08. The van der Waals surface area contributed by atoms with Crippen molar-refractivity contribution < 1.29 is 38.4 Å². The second-order valence-electron chi connectivity index (χ2n) is 13.6. The predicted octanol–water partition coefficient (Wildman–Crippen LogP) is 5.31. The van der Waals surface area contributed by atoms with Gasteiger partial charge in [0.1, 0.15) is 24.2 Å². The number of nitrogens with zero attached hydrogens (tertiary/aromatic N) is 1. The molecule has 1 unspecified atom stereocenters.